The van der Waals surface area contributed by atoms with Crippen LogP contribution in [0, 0.1) is 5.82 Å². The Morgan fingerprint density at radius 3 is 1.91 bits per heavy atom. The van der Waals surface area contributed by atoms with Crippen LogP contribution in [0.5, 0.6) is 0 Å². The fourth-order valence-electron chi connectivity index (χ4n) is 2.19. The number of benzene rings is 2. The SMILES string of the molecule is CCN(c1ccc(F)cc1)S(=O)(=O)c1ccccc1S(C)(=O)=O. The van der Waals surface area contributed by atoms with E-state index in [9.17, 15) is 21.2 Å². The van der Waals surface area contributed by atoms with Crippen LogP contribution in [0.2, 0.25) is 0 Å². The van der Waals surface area contributed by atoms with Crippen LogP contribution in [-0.4, -0.2) is 29.6 Å². The van der Waals surface area contributed by atoms with Crippen LogP contribution in [0.25, 0.3) is 0 Å². The highest BCUT2D eigenvalue weighted by Crippen LogP contribution is 2.28. The third-order valence-electron chi connectivity index (χ3n) is 3.22. The third-order valence-corrected chi connectivity index (χ3v) is 6.46. The molecule has 0 aliphatic carbocycles. The Morgan fingerprint density at radius 2 is 1.43 bits per heavy atom. The number of rotatable bonds is 5. The molecule has 0 bridgehead atoms. The van der Waals surface area contributed by atoms with Crippen LogP contribution in [0.1, 0.15) is 6.92 Å². The van der Waals surface area contributed by atoms with Crippen LogP contribution in [0.15, 0.2) is 58.3 Å². The minimum absolute atomic E-state index is 0.0755. The lowest BCUT2D eigenvalue weighted by atomic mass is 10.3. The zero-order chi connectivity index (χ0) is 17.3. The third kappa shape index (κ3) is 3.53. The average molecular weight is 357 g/mol. The van der Waals surface area contributed by atoms with Crippen LogP contribution < -0.4 is 4.31 Å². The van der Waals surface area contributed by atoms with Crippen molar-refractivity contribution in [3.63, 3.8) is 0 Å². The maximum absolute atomic E-state index is 13.0. The van der Waals surface area contributed by atoms with E-state index in [1.807, 2.05) is 0 Å². The summed E-state index contributed by atoms with van der Waals surface area (Å²) >= 11 is 0. The Kier molecular flexibility index (Phi) is 4.76. The van der Waals surface area contributed by atoms with E-state index in [0.717, 1.165) is 22.7 Å². The van der Waals surface area contributed by atoms with Gasteiger partial charge in [-0.05, 0) is 43.3 Å². The predicted molar refractivity (Wildman–Crippen MR) is 86.2 cm³/mol. The lowest BCUT2D eigenvalue weighted by Gasteiger charge is -2.24. The molecule has 8 heteroatoms. The van der Waals surface area contributed by atoms with E-state index in [0.29, 0.717) is 0 Å². The first kappa shape index (κ1) is 17.4. The number of hydrogen-bond acceptors (Lipinski definition) is 4. The minimum Gasteiger partial charge on any atom is -0.267 e. The summed E-state index contributed by atoms with van der Waals surface area (Å²) in [6.45, 7) is 1.69. The molecular formula is C15H16FNO4S2. The molecule has 0 heterocycles. The van der Waals surface area contributed by atoms with Gasteiger partial charge in [-0.25, -0.2) is 21.2 Å². The van der Waals surface area contributed by atoms with Crippen molar-refractivity contribution in [2.24, 2.45) is 0 Å². The molecule has 5 nitrogen and oxygen atoms in total. The molecule has 2 aromatic carbocycles. The number of nitrogens with zero attached hydrogens (tertiary/aromatic N) is 1. The topological polar surface area (TPSA) is 71.5 Å². The highest BCUT2D eigenvalue weighted by Gasteiger charge is 2.29. The second-order valence-corrected chi connectivity index (χ2v) is 8.68. The molecule has 0 saturated heterocycles. The Bertz CT molecular complexity index is 907. The lowest BCUT2D eigenvalue weighted by Crippen LogP contribution is -2.31. The molecule has 0 fully saturated rings. The van der Waals surface area contributed by atoms with Crippen molar-refractivity contribution in [3.8, 4) is 0 Å². The number of halogens is 1. The van der Waals surface area contributed by atoms with E-state index in [1.54, 1.807) is 6.92 Å². The van der Waals surface area contributed by atoms with Crippen molar-refractivity contribution in [3.05, 3.63) is 54.3 Å². The average Bonchev–Trinajstić information content (AvgIpc) is 2.49. The van der Waals surface area contributed by atoms with E-state index < -0.39 is 25.7 Å². The second kappa shape index (κ2) is 6.29. The molecule has 0 aliphatic rings. The maximum Gasteiger partial charge on any atom is 0.265 e. The normalized spacial score (nSPS) is 12.1. The fraction of sp³-hybridized carbons (Fsp3) is 0.200. The van der Waals surface area contributed by atoms with Gasteiger partial charge in [-0.2, -0.15) is 0 Å². The zero-order valence-electron chi connectivity index (χ0n) is 12.6. The zero-order valence-corrected chi connectivity index (χ0v) is 14.2. The number of anilines is 1. The molecule has 0 unspecified atom stereocenters. The van der Waals surface area contributed by atoms with Crippen molar-refractivity contribution in [1.29, 1.82) is 0 Å². The van der Waals surface area contributed by atoms with Crippen molar-refractivity contribution in [1.82, 2.24) is 0 Å². The molecular weight excluding hydrogens is 341 g/mol. The Hall–Kier alpha value is -1.93. The Balaban J connectivity index is 2.64. The second-order valence-electron chi connectivity index (χ2n) is 4.87. The van der Waals surface area contributed by atoms with E-state index >= 15 is 0 Å². The van der Waals surface area contributed by atoms with Crippen molar-refractivity contribution < 1.29 is 21.2 Å². The molecule has 23 heavy (non-hydrogen) atoms. The first-order chi connectivity index (χ1) is 10.7. The molecule has 2 rings (SSSR count). The minimum atomic E-state index is -4.10. The molecule has 0 radical (unpaired) electrons. The molecule has 0 spiro atoms. The Labute approximate surface area is 135 Å². The highest BCUT2D eigenvalue weighted by atomic mass is 32.2. The van der Waals surface area contributed by atoms with Gasteiger partial charge < -0.3 is 0 Å². The van der Waals surface area contributed by atoms with Gasteiger partial charge in [0, 0.05) is 12.8 Å². The van der Waals surface area contributed by atoms with Gasteiger partial charge in [0.25, 0.3) is 10.0 Å². The maximum atomic E-state index is 13.0. The first-order valence-electron chi connectivity index (χ1n) is 6.75. The molecule has 0 atom stereocenters. The van der Waals surface area contributed by atoms with E-state index in [4.69, 9.17) is 0 Å². The number of sulfonamides is 1. The van der Waals surface area contributed by atoms with Gasteiger partial charge in [0.05, 0.1) is 10.6 Å². The summed E-state index contributed by atoms with van der Waals surface area (Å²) in [4.78, 5) is -0.561. The monoisotopic (exact) mass is 357 g/mol. The van der Waals surface area contributed by atoms with Crippen molar-refractivity contribution >= 4 is 25.5 Å². The van der Waals surface area contributed by atoms with Gasteiger partial charge in [-0.15, -0.1) is 0 Å². The summed E-state index contributed by atoms with van der Waals surface area (Å²) in [5.74, 6) is -0.487. The highest BCUT2D eigenvalue weighted by molar-refractivity contribution is 7.95. The van der Waals surface area contributed by atoms with Gasteiger partial charge in [0.2, 0.25) is 0 Å². The first-order valence-corrected chi connectivity index (χ1v) is 10.1. The van der Waals surface area contributed by atoms with E-state index in [1.165, 1.54) is 36.4 Å². The van der Waals surface area contributed by atoms with Crippen LogP contribution in [-0.2, 0) is 19.9 Å². The lowest BCUT2D eigenvalue weighted by molar-refractivity contribution is 0.582. The van der Waals surface area contributed by atoms with Gasteiger partial charge in [-0.3, -0.25) is 4.31 Å². The fourth-order valence-corrected chi connectivity index (χ4v) is 5.27. The van der Waals surface area contributed by atoms with Gasteiger partial charge in [0.1, 0.15) is 10.7 Å². The van der Waals surface area contributed by atoms with Gasteiger partial charge in [-0.1, -0.05) is 12.1 Å². The van der Waals surface area contributed by atoms with Crippen molar-refractivity contribution in [2.75, 3.05) is 17.1 Å². The standard InChI is InChI=1S/C15H16FNO4S2/c1-3-17(13-10-8-12(16)9-11-13)23(20,21)15-7-5-4-6-14(15)22(2,18)19/h4-11H,3H2,1-2H3. The van der Waals surface area contributed by atoms with Gasteiger partial charge >= 0.3 is 0 Å². The molecule has 2 aromatic rings. The summed E-state index contributed by atoms with van der Waals surface area (Å²) in [5.41, 5.74) is 0.261. The van der Waals surface area contributed by atoms with Gasteiger partial charge in [0.15, 0.2) is 9.84 Å². The quantitative estimate of drug-likeness (QED) is 0.824. The molecule has 0 saturated carbocycles. The van der Waals surface area contributed by atoms with E-state index in [-0.39, 0.29) is 22.0 Å². The predicted octanol–water partition coefficient (Wildman–Crippen LogP) is 2.44. The summed E-state index contributed by atoms with van der Waals surface area (Å²) in [6, 6.07) is 10.4. The molecule has 0 aromatic heterocycles. The summed E-state index contributed by atoms with van der Waals surface area (Å²) in [5, 5.41) is 0. The van der Waals surface area contributed by atoms with Crippen LogP contribution in [0.4, 0.5) is 10.1 Å². The summed E-state index contributed by atoms with van der Waals surface area (Å²) < 4.78 is 63.6. The van der Waals surface area contributed by atoms with Crippen LogP contribution >= 0.6 is 0 Å². The largest absolute Gasteiger partial charge is 0.267 e. The number of sulfone groups is 1. The molecule has 124 valence electrons. The molecule has 0 aliphatic heterocycles. The van der Waals surface area contributed by atoms with Crippen molar-refractivity contribution in [2.45, 2.75) is 16.7 Å². The smallest absolute Gasteiger partial charge is 0.265 e. The molecule has 0 N–H and O–H groups in total. The Morgan fingerprint density at radius 1 is 0.913 bits per heavy atom. The summed E-state index contributed by atoms with van der Waals surface area (Å²) in [6.07, 6.45) is 0.954. The number of hydrogen-bond donors (Lipinski definition) is 0. The van der Waals surface area contributed by atoms with Crippen LogP contribution in [0.3, 0.4) is 0 Å². The summed E-state index contributed by atoms with van der Waals surface area (Å²) in [7, 11) is -7.81. The molecule has 0 amide bonds. The van der Waals surface area contributed by atoms with E-state index in [2.05, 4.69) is 0 Å².